The summed E-state index contributed by atoms with van der Waals surface area (Å²) in [7, 11) is 0. The summed E-state index contributed by atoms with van der Waals surface area (Å²) in [5.74, 6) is 0. The number of carbonyl (C=O) groups excluding carboxylic acids is 1. The van der Waals surface area contributed by atoms with Gasteiger partial charge in [-0.15, -0.1) is 0 Å². The van der Waals surface area contributed by atoms with Crippen LogP contribution in [0.2, 0.25) is 0 Å². The average Bonchev–Trinajstić information content (AvgIpc) is 1.35. The van der Waals surface area contributed by atoms with Crippen molar-refractivity contribution in [2.45, 2.75) is 85.9 Å². The van der Waals surface area contributed by atoms with E-state index in [4.69, 9.17) is 4.99 Å². The Kier molecular flexibility index (Phi) is 3.71. The van der Waals surface area contributed by atoms with Crippen molar-refractivity contribution in [1.29, 1.82) is 0 Å². The number of nitrogens with zero attached hydrogens (tertiary/aromatic N) is 1. The first-order valence-electron chi connectivity index (χ1n) is 33.9. The highest BCUT2D eigenvalue weighted by atomic mass is 16.1. The molecule has 40 rings (SSSR count). The van der Waals surface area contributed by atoms with Crippen molar-refractivity contribution in [2.24, 2.45) is 15.8 Å². The summed E-state index contributed by atoms with van der Waals surface area (Å²) in [4.78, 5) is 22.7. The van der Waals surface area contributed by atoms with Gasteiger partial charge in [-0.3, -0.25) is 4.99 Å². The minimum absolute atomic E-state index is 0.355. The van der Waals surface area contributed by atoms with Crippen LogP contribution in [0, 0.1) is 10.8 Å². The molecular weight excluding hydrogens is 1060 g/mol. The van der Waals surface area contributed by atoms with Crippen LogP contribution in [0.5, 0.6) is 0 Å². The third-order valence-corrected chi connectivity index (χ3v) is 32.2. The number of aliphatic imine (C=N–C) groups is 1. The van der Waals surface area contributed by atoms with Gasteiger partial charge in [-0.05, 0) is 365 Å². The number of hydrogen-bond donors (Lipinski definition) is 0. The molecule has 26 aromatic carbocycles. The SMILES string of the molecule is O=CC12CCCCCc3ccc(cc3)CCCCCC3(C=Nc4ccccc4)C45c6c7c8c9c%10c%11c%12c%13c%14c%15c%16c(c-7c4c4c7c%17c%18c%19c(c%20c6c9c6c%20c9c%19c%19c%20c%18c%18c7c(c4%16)c4c%15c7c%13c%13c%12c%12c%10c6c6c9c%19c9c(c%126)c%13c6c7c4c%18c%20c69)C%1735)C%141C8%112. The second-order valence-corrected chi connectivity index (χ2v) is 32.6. The highest BCUT2D eigenvalue weighted by Gasteiger charge is 2.99. The number of aldehydes is 1. The summed E-state index contributed by atoms with van der Waals surface area (Å²) in [6, 6.07) is 21.0. The number of carbonyl (C=O) groups is 1. The van der Waals surface area contributed by atoms with Gasteiger partial charge in [-0.2, -0.15) is 0 Å². The standard InChI is InChI=1S/C86H31NO/c88-21-82-19-9-3-5-11-23-16-14-22(15-17-23)10-4-2-8-18-81(20-87-24-12-6-1-7-13-24)83-73-59-49-38-29-25-26-28-33-27(25)34-31-36(29)44(49)55-47-40(31)51-42(34)53-46(33)54-43-35(28)32-37-30(26)39(38)50-45(37)56-48-41(32)52(43)66-70-58(48)68(64(56)74(83)60(50)59)78-72-71-77(84(78,81)83)67(63(55)73)57(47)69-65(51)75-61(53)62(54)76(66)86(82,80(70)72)85(75,82)79(69)71/h1,6-7,12-17,20-21H,2-5,8-11,18-19H2. The second kappa shape index (κ2) is 8.92. The smallest absolute Gasteiger partial charge is 0.128 e. The summed E-state index contributed by atoms with van der Waals surface area (Å²) in [6.07, 6.45) is 15.7. The molecule has 0 N–H and O–H groups in total. The molecule has 26 aromatic rings. The molecule has 88 heavy (non-hydrogen) atoms. The molecule has 14 aliphatic carbocycles. The summed E-state index contributed by atoms with van der Waals surface area (Å²) < 4.78 is 0. The maximum atomic E-state index is 16.6. The van der Waals surface area contributed by atoms with Crippen molar-refractivity contribution in [2.75, 3.05) is 0 Å². The van der Waals surface area contributed by atoms with Gasteiger partial charge in [0.05, 0.1) is 21.9 Å². The van der Waals surface area contributed by atoms with Crippen LogP contribution in [0.15, 0.2) is 59.6 Å². The Bertz CT molecular complexity index is 7870. The fraction of sp³-hybridized carbons (Fsp3) is 0.186. The normalized spacial score (nSPS) is 29.2. The molecule has 0 aromatic heterocycles. The lowest BCUT2D eigenvalue weighted by atomic mass is 9.66. The van der Waals surface area contributed by atoms with Crippen molar-refractivity contribution in [3.8, 4) is 11.1 Å². The summed E-state index contributed by atoms with van der Waals surface area (Å²) in [6.45, 7) is 0. The van der Waals surface area contributed by atoms with E-state index in [0.29, 0.717) is 0 Å². The number of hydrogen-bond acceptors (Lipinski definition) is 2. The molecule has 0 amide bonds. The highest BCUT2D eigenvalue weighted by molar-refractivity contribution is 6.79. The Labute approximate surface area is 490 Å². The molecule has 0 radical (unpaired) electrons. The molecule has 2 nitrogen and oxygen atoms in total. The van der Waals surface area contributed by atoms with E-state index in [9.17, 15) is 0 Å². The molecule has 3 unspecified atom stereocenters. The van der Waals surface area contributed by atoms with Crippen LogP contribution in [-0.4, -0.2) is 12.5 Å². The van der Waals surface area contributed by atoms with Crippen LogP contribution in [0.25, 0.3) is 259 Å². The lowest BCUT2D eigenvalue weighted by Crippen LogP contribution is -2.28. The number of rotatable bonds is 3. The van der Waals surface area contributed by atoms with Crippen LogP contribution < -0.4 is 0 Å². The number of benzene rings is 18. The van der Waals surface area contributed by atoms with E-state index in [1.165, 1.54) is 24.0 Å². The van der Waals surface area contributed by atoms with Crippen molar-refractivity contribution in [3.63, 3.8) is 0 Å². The first-order chi connectivity index (χ1) is 43.8. The van der Waals surface area contributed by atoms with Crippen molar-refractivity contribution < 1.29 is 4.79 Å². The predicted molar refractivity (Wildman–Crippen MR) is 362 cm³/mol. The molecule has 386 valence electrons. The van der Waals surface area contributed by atoms with E-state index in [0.717, 1.165) is 57.1 Å². The highest BCUT2D eigenvalue weighted by Crippen LogP contribution is 3.02. The zero-order valence-corrected chi connectivity index (χ0v) is 46.8. The Morgan fingerprint density at radius 1 is 0.261 bits per heavy atom. The minimum Gasteiger partial charge on any atom is -0.303 e. The average molecular weight is 1090 g/mol. The van der Waals surface area contributed by atoms with Gasteiger partial charge in [0, 0.05) is 22.5 Å². The van der Waals surface area contributed by atoms with Gasteiger partial charge in [0.15, 0.2) is 0 Å². The monoisotopic (exact) mass is 1090 g/mol. The maximum absolute atomic E-state index is 16.6. The van der Waals surface area contributed by atoms with Crippen LogP contribution in [0.1, 0.15) is 107 Å². The Morgan fingerprint density at radius 2 is 0.511 bits per heavy atom. The van der Waals surface area contributed by atoms with Gasteiger partial charge >= 0.3 is 0 Å². The second-order valence-electron chi connectivity index (χ2n) is 32.6. The third-order valence-electron chi connectivity index (χ3n) is 32.2. The van der Waals surface area contributed by atoms with Crippen LogP contribution >= 0.6 is 0 Å². The summed E-state index contributed by atoms with van der Waals surface area (Å²) >= 11 is 0. The molecular formula is C86H31NO. The van der Waals surface area contributed by atoms with Gasteiger partial charge in [-0.1, -0.05) is 68.1 Å². The van der Waals surface area contributed by atoms with Crippen LogP contribution in [0.3, 0.4) is 0 Å². The van der Waals surface area contributed by atoms with Crippen LogP contribution in [-0.2, 0) is 39.3 Å². The molecule has 0 saturated heterocycles. The van der Waals surface area contributed by atoms with Gasteiger partial charge in [0.1, 0.15) is 6.29 Å². The molecule has 3 atom stereocenters. The number of aryl methyl sites for hydroxylation is 2. The van der Waals surface area contributed by atoms with E-state index in [1.54, 1.807) is 310 Å². The zero-order chi connectivity index (χ0) is 53.6. The fourth-order valence-corrected chi connectivity index (χ4v) is 31.7. The molecule has 2 heteroatoms. The van der Waals surface area contributed by atoms with Gasteiger partial charge < -0.3 is 4.79 Å². The van der Waals surface area contributed by atoms with E-state index in [2.05, 4.69) is 60.8 Å². The van der Waals surface area contributed by atoms with E-state index >= 15 is 4.79 Å². The Morgan fingerprint density at radius 3 is 0.818 bits per heavy atom. The van der Waals surface area contributed by atoms with Gasteiger partial charge in [0.25, 0.3) is 0 Å². The zero-order valence-electron chi connectivity index (χ0n) is 46.8. The maximum Gasteiger partial charge on any atom is 0.128 e. The first kappa shape index (κ1) is 36.6. The van der Waals surface area contributed by atoms with E-state index in [1.807, 2.05) is 0 Å². The van der Waals surface area contributed by atoms with Crippen molar-refractivity contribution >= 4 is 266 Å². The van der Waals surface area contributed by atoms with E-state index < -0.39 is 16.2 Å². The minimum atomic E-state index is -0.641. The molecule has 2 fully saturated rings. The third kappa shape index (κ3) is 2.12. The lowest BCUT2D eigenvalue weighted by molar-refractivity contribution is -0.113. The summed E-state index contributed by atoms with van der Waals surface area (Å²) in [5, 5.41) is 75.2. The summed E-state index contributed by atoms with van der Waals surface area (Å²) in [5.41, 5.74) is 18.2. The molecule has 0 heterocycles. The molecule has 2 saturated carbocycles. The largest absolute Gasteiger partial charge is 0.303 e. The van der Waals surface area contributed by atoms with Crippen molar-refractivity contribution in [1.82, 2.24) is 0 Å². The number of para-hydroxylation sites is 1. The topological polar surface area (TPSA) is 29.4 Å². The molecule has 12 bridgehead atoms. The predicted octanol–water partition coefficient (Wildman–Crippen LogP) is 21.3. The quantitative estimate of drug-likeness (QED) is 0.0985. The van der Waals surface area contributed by atoms with E-state index in [-0.39, 0.29) is 16.2 Å². The Hall–Kier alpha value is -9.50. The lowest BCUT2D eigenvalue weighted by Gasteiger charge is -2.34. The molecule has 0 aliphatic heterocycles. The van der Waals surface area contributed by atoms with Crippen LogP contribution in [0.4, 0.5) is 5.69 Å². The fourth-order valence-electron chi connectivity index (χ4n) is 31.7. The van der Waals surface area contributed by atoms with Crippen molar-refractivity contribution in [3.05, 3.63) is 110 Å². The van der Waals surface area contributed by atoms with Gasteiger partial charge in [-0.25, -0.2) is 0 Å². The molecule has 14 aliphatic rings. The molecule has 4 spiro atoms. The first-order valence-corrected chi connectivity index (χ1v) is 33.9. The van der Waals surface area contributed by atoms with Gasteiger partial charge in [0.2, 0.25) is 0 Å². The Balaban J connectivity index is 0.938.